The number of hydrogen-bond acceptors (Lipinski definition) is 3. The summed E-state index contributed by atoms with van der Waals surface area (Å²) in [6.07, 6.45) is 5.05. The number of carbonyl (C=O) groups is 2. The highest BCUT2D eigenvalue weighted by atomic mass is 16.2. The Morgan fingerprint density at radius 3 is 2.84 bits per heavy atom. The van der Waals surface area contributed by atoms with Gasteiger partial charge in [-0.3, -0.25) is 9.78 Å². The molecule has 1 fully saturated rings. The summed E-state index contributed by atoms with van der Waals surface area (Å²) in [5, 5.41) is 2.96. The fraction of sp³-hybridized carbons (Fsp3) is 0.316. The van der Waals surface area contributed by atoms with Crippen molar-refractivity contribution in [2.24, 2.45) is 11.7 Å². The summed E-state index contributed by atoms with van der Waals surface area (Å²) in [7, 11) is 0. The molecule has 0 aliphatic carbocycles. The molecule has 0 radical (unpaired) electrons. The van der Waals surface area contributed by atoms with Gasteiger partial charge >= 0.3 is 6.03 Å². The van der Waals surface area contributed by atoms with E-state index >= 15 is 0 Å². The molecule has 3 N–H and O–H groups in total. The van der Waals surface area contributed by atoms with Crippen molar-refractivity contribution in [1.29, 1.82) is 0 Å². The zero-order valence-electron chi connectivity index (χ0n) is 14.2. The van der Waals surface area contributed by atoms with Gasteiger partial charge in [-0.25, -0.2) is 4.79 Å². The summed E-state index contributed by atoms with van der Waals surface area (Å²) in [6, 6.07) is 9.58. The van der Waals surface area contributed by atoms with Crippen LogP contribution in [0.1, 0.15) is 18.4 Å². The summed E-state index contributed by atoms with van der Waals surface area (Å²) in [5.74, 6) is -0.602. The van der Waals surface area contributed by atoms with E-state index in [1.807, 2.05) is 37.3 Å². The number of nitrogens with zero attached hydrogens (tertiary/aromatic N) is 2. The van der Waals surface area contributed by atoms with Crippen LogP contribution in [0.25, 0.3) is 11.1 Å². The molecule has 6 heteroatoms. The number of aryl methyl sites for hydroxylation is 1. The number of nitrogens with two attached hydrogens (primary N) is 1. The number of nitrogens with one attached hydrogen (secondary N) is 1. The van der Waals surface area contributed by atoms with E-state index in [9.17, 15) is 9.59 Å². The lowest BCUT2D eigenvalue weighted by molar-refractivity contribution is -0.123. The number of primary amides is 1. The molecule has 130 valence electrons. The molecule has 1 atom stereocenters. The van der Waals surface area contributed by atoms with Crippen molar-refractivity contribution in [3.05, 3.63) is 48.3 Å². The number of anilines is 1. The van der Waals surface area contributed by atoms with Crippen LogP contribution in [0.2, 0.25) is 0 Å². The van der Waals surface area contributed by atoms with E-state index in [2.05, 4.69) is 10.3 Å². The third-order valence-corrected chi connectivity index (χ3v) is 4.59. The molecule has 25 heavy (non-hydrogen) atoms. The van der Waals surface area contributed by atoms with Crippen LogP contribution in [0.5, 0.6) is 0 Å². The van der Waals surface area contributed by atoms with Crippen LogP contribution in [0, 0.1) is 12.8 Å². The molecular formula is C19H22N4O2. The summed E-state index contributed by atoms with van der Waals surface area (Å²) in [6.45, 7) is 2.96. The average Bonchev–Trinajstić information content (AvgIpc) is 2.64. The number of piperidine rings is 1. The van der Waals surface area contributed by atoms with Crippen molar-refractivity contribution in [1.82, 2.24) is 9.88 Å². The SMILES string of the molecule is Cc1ccc(-c2cccnc2)cc1NC(=O)N1CCC[C@@H](C(N)=O)C1. The van der Waals surface area contributed by atoms with Gasteiger partial charge in [0.2, 0.25) is 5.91 Å². The largest absolute Gasteiger partial charge is 0.369 e. The molecule has 0 bridgehead atoms. The fourth-order valence-electron chi connectivity index (χ4n) is 3.06. The molecule has 1 saturated heterocycles. The van der Waals surface area contributed by atoms with Gasteiger partial charge in [-0.05, 0) is 43.0 Å². The van der Waals surface area contributed by atoms with Gasteiger partial charge in [0.1, 0.15) is 0 Å². The summed E-state index contributed by atoms with van der Waals surface area (Å²) in [4.78, 5) is 29.8. The summed E-state index contributed by atoms with van der Waals surface area (Å²) < 4.78 is 0. The number of urea groups is 1. The highest BCUT2D eigenvalue weighted by molar-refractivity contribution is 5.91. The quantitative estimate of drug-likeness (QED) is 0.902. The molecule has 1 aliphatic rings. The first-order valence-corrected chi connectivity index (χ1v) is 8.41. The molecule has 2 aromatic rings. The first-order chi connectivity index (χ1) is 12.0. The molecule has 6 nitrogen and oxygen atoms in total. The number of pyridine rings is 1. The molecule has 0 unspecified atom stereocenters. The van der Waals surface area contributed by atoms with Gasteiger partial charge in [0.15, 0.2) is 0 Å². The lowest BCUT2D eigenvalue weighted by Gasteiger charge is -2.31. The second-order valence-corrected chi connectivity index (χ2v) is 6.39. The average molecular weight is 338 g/mol. The van der Waals surface area contributed by atoms with Crippen LogP contribution in [-0.4, -0.2) is 34.9 Å². The molecule has 3 amide bonds. The predicted molar refractivity (Wildman–Crippen MR) is 96.9 cm³/mol. The molecule has 1 aromatic heterocycles. The number of hydrogen-bond donors (Lipinski definition) is 2. The minimum Gasteiger partial charge on any atom is -0.369 e. The van der Waals surface area contributed by atoms with Crippen molar-refractivity contribution in [3.8, 4) is 11.1 Å². The van der Waals surface area contributed by atoms with Crippen molar-refractivity contribution in [3.63, 3.8) is 0 Å². The van der Waals surface area contributed by atoms with E-state index < -0.39 is 0 Å². The number of rotatable bonds is 3. The van der Waals surface area contributed by atoms with Gasteiger partial charge in [0.25, 0.3) is 0 Å². The number of amides is 3. The number of likely N-dealkylation sites (tertiary alicyclic amines) is 1. The Kier molecular flexibility index (Phi) is 4.97. The van der Waals surface area contributed by atoms with Gasteiger partial charge in [0, 0.05) is 36.7 Å². The smallest absolute Gasteiger partial charge is 0.321 e. The van der Waals surface area contributed by atoms with Gasteiger partial charge in [0.05, 0.1) is 5.92 Å². The molecule has 1 aromatic carbocycles. The van der Waals surface area contributed by atoms with Crippen LogP contribution in [0.15, 0.2) is 42.7 Å². The van der Waals surface area contributed by atoms with Crippen LogP contribution in [0.4, 0.5) is 10.5 Å². The van der Waals surface area contributed by atoms with Crippen LogP contribution in [0.3, 0.4) is 0 Å². The van der Waals surface area contributed by atoms with Gasteiger partial charge in [-0.1, -0.05) is 18.2 Å². The van der Waals surface area contributed by atoms with Crippen LogP contribution in [-0.2, 0) is 4.79 Å². The lowest BCUT2D eigenvalue weighted by atomic mass is 9.98. The minimum atomic E-state index is -0.341. The maximum Gasteiger partial charge on any atom is 0.321 e. The summed E-state index contributed by atoms with van der Waals surface area (Å²) >= 11 is 0. The number of benzene rings is 1. The Bertz CT molecular complexity index is 776. The predicted octanol–water partition coefficient (Wildman–Crippen LogP) is 2.79. The highest BCUT2D eigenvalue weighted by Crippen LogP contribution is 2.25. The van der Waals surface area contributed by atoms with Crippen molar-refractivity contribution < 1.29 is 9.59 Å². The van der Waals surface area contributed by atoms with Crippen LogP contribution >= 0.6 is 0 Å². The van der Waals surface area contributed by atoms with E-state index in [1.54, 1.807) is 17.3 Å². The van der Waals surface area contributed by atoms with E-state index in [4.69, 9.17) is 5.73 Å². The Labute approximate surface area is 147 Å². The van der Waals surface area contributed by atoms with Gasteiger partial charge in [-0.15, -0.1) is 0 Å². The number of aromatic nitrogens is 1. The number of carbonyl (C=O) groups excluding carboxylic acids is 2. The topological polar surface area (TPSA) is 88.3 Å². The first-order valence-electron chi connectivity index (χ1n) is 8.41. The molecule has 0 saturated carbocycles. The van der Waals surface area contributed by atoms with E-state index in [0.717, 1.165) is 35.2 Å². The third-order valence-electron chi connectivity index (χ3n) is 4.59. The Morgan fingerprint density at radius 2 is 2.12 bits per heavy atom. The van der Waals surface area contributed by atoms with Crippen LogP contribution < -0.4 is 11.1 Å². The Morgan fingerprint density at radius 1 is 1.28 bits per heavy atom. The molecule has 2 heterocycles. The maximum absolute atomic E-state index is 12.6. The second kappa shape index (κ2) is 7.34. The lowest BCUT2D eigenvalue weighted by Crippen LogP contribution is -2.45. The van der Waals surface area contributed by atoms with Gasteiger partial charge in [-0.2, -0.15) is 0 Å². The van der Waals surface area contributed by atoms with E-state index in [-0.39, 0.29) is 17.9 Å². The molecular weight excluding hydrogens is 316 g/mol. The van der Waals surface area contributed by atoms with E-state index in [1.165, 1.54) is 0 Å². The second-order valence-electron chi connectivity index (χ2n) is 6.39. The van der Waals surface area contributed by atoms with E-state index in [0.29, 0.717) is 13.1 Å². The summed E-state index contributed by atoms with van der Waals surface area (Å²) in [5.41, 5.74) is 9.10. The maximum atomic E-state index is 12.6. The zero-order chi connectivity index (χ0) is 17.8. The molecule has 1 aliphatic heterocycles. The minimum absolute atomic E-state index is 0.197. The third kappa shape index (κ3) is 3.96. The van der Waals surface area contributed by atoms with Crippen molar-refractivity contribution in [2.45, 2.75) is 19.8 Å². The highest BCUT2D eigenvalue weighted by Gasteiger charge is 2.27. The molecule has 0 spiro atoms. The van der Waals surface area contributed by atoms with Gasteiger partial charge < -0.3 is 16.0 Å². The normalized spacial score (nSPS) is 17.2. The zero-order valence-corrected chi connectivity index (χ0v) is 14.2. The Hall–Kier alpha value is -2.89. The fourth-order valence-corrected chi connectivity index (χ4v) is 3.06. The Balaban J connectivity index is 1.76. The monoisotopic (exact) mass is 338 g/mol. The standard InChI is InChI=1S/C19H22N4O2/c1-13-6-7-14(15-4-2-8-21-11-15)10-17(13)22-19(25)23-9-3-5-16(12-23)18(20)24/h2,4,6-8,10-11,16H,3,5,9,12H2,1H3,(H2,20,24)(H,22,25)/t16-/m1/s1. The first kappa shape index (κ1) is 17.0. The van der Waals surface area contributed by atoms with Crippen molar-refractivity contribution in [2.75, 3.05) is 18.4 Å². The van der Waals surface area contributed by atoms with Crippen molar-refractivity contribution >= 4 is 17.6 Å². The molecule has 3 rings (SSSR count).